The van der Waals surface area contributed by atoms with Crippen LogP contribution in [0.2, 0.25) is 0 Å². The smallest absolute Gasteiger partial charge is 0.273 e. The van der Waals surface area contributed by atoms with Crippen molar-refractivity contribution in [3.8, 4) is 23.0 Å². The first-order chi connectivity index (χ1) is 17.0. The van der Waals surface area contributed by atoms with Crippen LogP contribution in [0.4, 0.5) is 5.69 Å². The zero-order valence-corrected chi connectivity index (χ0v) is 19.7. The van der Waals surface area contributed by atoms with E-state index in [9.17, 15) is 14.9 Å². The summed E-state index contributed by atoms with van der Waals surface area (Å²) in [6, 6.07) is 18.5. The van der Waals surface area contributed by atoms with E-state index in [4.69, 9.17) is 18.9 Å². The van der Waals surface area contributed by atoms with Crippen molar-refractivity contribution in [2.24, 2.45) is 0 Å². The molecule has 3 aromatic rings. The normalized spacial score (nSPS) is 16.9. The van der Waals surface area contributed by atoms with Crippen molar-refractivity contribution in [2.75, 3.05) is 27.9 Å². The summed E-state index contributed by atoms with van der Waals surface area (Å²) in [7, 11) is 4.70. The summed E-state index contributed by atoms with van der Waals surface area (Å²) < 4.78 is 22.3. The lowest BCUT2D eigenvalue weighted by atomic mass is 9.89. The van der Waals surface area contributed by atoms with Crippen LogP contribution in [0.3, 0.4) is 0 Å². The Hall–Kier alpha value is -4.27. The molecule has 0 unspecified atom stereocenters. The quantitative estimate of drug-likeness (QED) is 0.245. The molecule has 3 aromatic carbocycles. The number of nitro groups is 1. The molecule has 1 amide bonds. The van der Waals surface area contributed by atoms with Crippen LogP contribution >= 0.6 is 0 Å². The van der Waals surface area contributed by atoms with E-state index in [1.807, 2.05) is 36.4 Å². The van der Waals surface area contributed by atoms with Crippen LogP contribution in [0, 0.1) is 10.1 Å². The number of benzene rings is 3. The minimum absolute atomic E-state index is 0.110. The number of carbonyl (C=O) groups excluding carboxylic acids is 1. The van der Waals surface area contributed by atoms with Gasteiger partial charge in [-0.3, -0.25) is 14.9 Å². The number of ether oxygens (including phenoxy) is 4. The number of amides is 1. The molecule has 0 aliphatic carbocycles. The number of non-ortho nitro benzene ring substituents is 1. The van der Waals surface area contributed by atoms with Crippen LogP contribution in [-0.4, -0.2) is 49.7 Å². The molecule has 0 bridgehead atoms. The third-order valence-corrected chi connectivity index (χ3v) is 5.99. The first kappa shape index (κ1) is 23.9. The lowest BCUT2D eigenvalue weighted by molar-refractivity contribution is -0.385. The van der Waals surface area contributed by atoms with E-state index in [0.717, 1.165) is 16.9 Å². The topological polar surface area (TPSA) is 100 Å². The molecule has 1 aliphatic rings. The van der Waals surface area contributed by atoms with E-state index in [-0.39, 0.29) is 17.3 Å². The van der Waals surface area contributed by atoms with E-state index in [2.05, 4.69) is 0 Å². The zero-order chi connectivity index (χ0) is 24.9. The average molecular weight is 479 g/mol. The summed E-state index contributed by atoms with van der Waals surface area (Å²) >= 11 is 0. The van der Waals surface area contributed by atoms with Gasteiger partial charge in [0.15, 0.2) is 11.5 Å². The van der Waals surface area contributed by atoms with Crippen molar-refractivity contribution in [1.82, 2.24) is 4.90 Å². The van der Waals surface area contributed by atoms with E-state index >= 15 is 0 Å². The van der Waals surface area contributed by atoms with Crippen molar-refractivity contribution in [1.29, 1.82) is 0 Å². The molecule has 1 heterocycles. The van der Waals surface area contributed by atoms with Crippen molar-refractivity contribution >= 4 is 11.6 Å². The van der Waals surface area contributed by atoms with Gasteiger partial charge >= 0.3 is 0 Å². The van der Waals surface area contributed by atoms with Gasteiger partial charge in [0, 0.05) is 18.2 Å². The van der Waals surface area contributed by atoms with Crippen molar-refractivity contribution in [2.45, 2.75) is 18.6 Å². The average Bonchev–Trinajstić information content (AvgIpc) is 2.89. The molecule has 2 atom stereocenters. The maximum atomic E-state index is 13.2. The Morgan fingerprint density at radius 1 is 0.914 bits per heavy atom. The minimum atomic E-state index is -0.867. The highest BCUT2D eigenvalue weighted by molar-refractivity contribution is 5.89. The number of nitrogens with zero attached hydrogens (tertiary/aromatic N) is 2. The van der Waals surface area contributed by atoms with Crippen molar-refractivity contribution in [3.05, 3.63) is 88.0 Å². The fourth-order valence-electron chi connectivity index (χ4n) is 4.22. The lowest BCUT2D eigenvalue weighted by Crippen LogP contribution is -2.61. The van der Waals surface area contributed by atoms with E-state index in [1.165, 1.54) is 18.2 Å². The van der Waals surface area contributed by atoms with Gasteiger partial charge in [-0.1, -0.05) is 30.3 Å². The molecular formula is C26H26N2O7. The van der Waals surface area contributed by atoms with Gasteiger partial charge in [0.1, 0.15) is 17.5 Å². The monoisotopic (exact) mass is 478 g/mol. The number of hydrogen-bond acceptors (Lipinski definition) is 7. The molecule has 182 valence electrons. The molecule has 35 heavy (non-hydrogen) atoms. The number of hydrogen-bond donors (Lipinski definition) is 0. The van der Waals surface area contributed by atoms with Gasteiger partial charge in [-0.25, -0.2) is 0 Å². The number of methoxy groups -OCH3 is 3. The van der Waals surface area contributed by atoms with Gasteiger partial charge in [0.2, 0.25) is 6.10 Å². The predicted molar refractivity (Wildman–Crippen MR) is 128 cm³/mol. The maximum absolute atomic E-state index is 13.2. The second-order valence-electron chi connectivity index (χ2n) is 7.95. The third-order valence-electron chi connectivity index (χ3n) is 5.99. The molecule has 0 spiro atoms. The number of para-hydroxylation sites is 1. The largest absolute Gasteiger partial charge is 0.497 e. The highest BCUT2D eigenvalue weighted by Gasteiger charge is 2.51. The minimum Gasteiger partial charge on any atom is -0.497 e. The molecular weight excluding hydrogens is 452 g/mol. The van der Waals surface area contributed by atoms with E-state index in [1.54, 1.807) is 38.4 Å². The summed E-state index contributed by atoms with van der Waals surface area (Å²) in [5, 5.41) is 11.2. The van der Waals surface area contributed by atoms with Gasteiger partial charge < -0.3 is 23.8 Å². The summed E-state index contributed by atoms with van der Waals surface area (Å²) in [5.41, 5.74) is 1.68. The summed E-state index contributed by atoms with van der Waals surface area (Å²) in [4.78, 5) is 25.6. The highest BCUT2D eigenvalue weighted by atomic mass is 16.6. The SMILES string of the molecule is COc1ccc(CCN2C(=O)[C@@H](Oc3cccc([N+](=O)[O-])c3)[C@@H]2c2cccc(OC)c2OC)cc1. The zero-order valence-electron chi connectivity index (χ0n) is 19.7. The van der Waals surface area contributed by atoms with Gasteiger partial charge in [-0.15, -0.1) is 0 Å². The van der Waals surface area contributed by atoms with E-state index in [0.29, 0.717) is 24.5 Å². The lowest BCUT2D eigenvalue weighted by Gasteiger charge is -2.47. The molecule has 0 aromatic heterocycles. The molecule has 0 saturated carbocycles. The van der Waals surface area contributed by atoms with E-state index < -0.39 is 17.1 Å². The Bertz CT molecular complexity index is 1210. The number of carbonyl (C=O) groups is 1. The van der Waals surface area contributed by atoms with Crippen LogP contribution in [-0.2, 0) is 11.2 Å². The Morgan fingerprint density at radius 3 is 2.31 bits per heavy atom. The highest BCUT2D eigenvalue weighted by Crippen LogP contribution is 2.44. The Kier molecular flexibility index (Phi) is 7.05. The molecule has 0 N–H and O–H groups in total. The van der Waals surface area contributed by atoms with Crippen molar-refractivity contribution in [3.63, 3.8) is 0 Å². The summed E-state index contributed by atoms with van der Waals surface area (Å²) in [5.74, 6) is 1.85. The number of nitro benzene ring substituents is 1. The second-order valence-corrected chi connectivity index (χ2v) is 7.95. The first-order valence-corrected chi connectivity index (χ1v) is 11.0. The summed E-state index contributed by atoms with van der Waals surface area (Å²) in [6.07, 6.45) is -0.240. The van der Waals surface area contributed by atoms with Crippen LogP contribution in [0.5, 0.6) is 23.0 Å². The number of β-lactam (4-membered cyclic amide) rings is 1. The molecule has 1 aliphatic heterocycles. The molecule has 9 heteroatoms. The van der Waals surface area contributed by atoms with Gasteiger partial charge in [0.25, 0.3) is 11.6 Å². The van der Waals surface area contributed by atoms with Crippen molar-refractivity contribution < 1.29 is 28.7 Å². The fraction of sp³-hybridized carbons (Fsp3) is 0.269. The van der Waals surface area contributed by atoms with Crippen LogP contribution in [0.15, 0.2) is 66.7 Å². The molecule has 1 fully saturated rings. The number of likely N-dealkylation sites (tertiary alicyclic amines) is 1. The maximum Gasteiger partial charge on any atom is 0.273 e. The Morgan fingerprint density at radius 2 is 1.66 bits per heavy atom. The van der Waals surface area contributed by atoms with Gasteiger partial charge in [-0.2, -0.15) is 0 Å². The molecule has 4 rings (SSSR count). The molecule has 1 saturated heterocycles. The van der Waals surface area contributed by atoms with Gasteiger partial charge in [0.05, 0.1) is 32.3 Å². The molecule has 0 radical (unpaired) electrons. The number of rotatable bonds is 10. The Labute approximate surface area is 202 Å². The van der Waals surface area contributed by atoms with Crippen LogP contribution < -0.4 is 18.9 Å². The third kappa shape index (κ3) is 4.84. The van der Waals surface area contributed by atoms with Crippen LogP contribution in [0.1, 0.15) is 17.2 Å². The first-order valence-electron chi connectivity index (χ1n) is 11.0. The standard InChI is InChI=1S/C26H26N2O7/c1-32-19-12-10-17(11-13-19)14-15-27-23(21-8-5-9-22(33-2)24(21)34-3)25(26(27)29)35-20-7-4-6-18(16-20)28(30)31/h4-13,16,23,25H,14-15H2,1-3H3/t23-,25-/m0/s1. The van der Waals surface area contributed by atoms with Crippen LogP contribution in [0.25, 0.3) is 0 Å². The second kappa shape index (κ2) is 10.3. The van der Waals surface area contributed by atoms with Gasteiger partial charge in [-0.05, 0) is 36.2 Å². The Balaban J connectivity index is 1.63. The summed E-state index contributed by atoms with van der Waals surface area (Å²) in [6.45, 7) is 0.449. The fourth-order valence-corrected chi connectivity index (χ4v) is 4.22. The predicted octanol–water partition coefficient (Wildman–Crippen LogP) is 4.19. The molecule has 9 nitrogen and oxygen atoms in total.